The number of nitrogens with one attached hydrogen (secondary N) is 1. The van der Waals surface area contributed by atoms with Gasteiger partial charge in [0.2, 0.25) is 5.91 Å². The van der Waals surface area contributed by atoms with Crippen molar-refractivity contribution >= 4 is 23.6 Å². The summed E-state index contributed by atoms with van der Waals surface area (Å²) < 4.78 is 11.1. The first-order valence-electron chi connectivity index (χ1n) is 9.17. The van der Waals surface area contributed by atoms with Crippen LogP contribution in [0.2, 0.25) is 0 Å². The van der Waals surface area contributed by atoms with Gasteiger partial charge in [-0.1, -0.05) is 38.0 Å². The molecule has 28 heavy (non-hydrogen) atoms. The lowest BCUT2D eigenvalue weighted by molar-refractivity contribution is -0.111. The van der Waals surface area contributed by atoms with E-state index in [1.165, 1.54) is 12.1 Å². The number of para-hydroxylation sites is 1. The van der Waals surface area contributed by atoms with E-state index in [0.717, 1.165) is 24.8 Å². The van der Waals surface area contributed by atoms with E-state index in [4.69, 9.17) is 9.47 Å². The van der Waals surface area contributed by atoms with Crippen LogP contribution in [0.4, 0.5) is 5.69 Å². The van der Waals surface area contributed by atoms with Crippen LogP contribution in [0, 0.1) is 0 Å². The van der Waals surface area contributed by atoms with Crippen LogP contribution in [0.5, 0.6) is 11.5 Å². The predicted octanol–water partition coefficient (Wildman–Crippen LogP) is 4.61. The van der Waals surface area contributed by atoms with Gasteiger partial charge in [0, 0.05) is 6.08 Å². The third-order valence-electron chi connectivity index (χ3n) is 4.04. The lowest BCUT2D eigenvalue weighted by atomic mass is 10.1. The molecule has 2 N–H and O–H groups in total. The summed E-state index contributed by atoms with van der Waals surface area (Å²) in [5.74, 6) is -0.263. The number of unbranched alkanes of at least 4 members (excludes halogenated alkanes) is 2. The van der Waals surface area contributed by atoms with Crippen LogP contribution in [-0.2, 0) is 4.79 Å². The summed E-state index contributed by atoms with van der Waals surface area (Å²) in [6, 6.07) is 11.7. The molecule has 2 aromatic rings. The van der Waals surface area contributed by atoms with Gasteiger partial charge >= 0.3 is 5.97 Å². The third-order valence-corrected chi connectivity index (χ3v) is 4.04. The van der Waals surface area contributed by atoms with Crippen molar-refractivity contribution in [2.45, 2.75) is 26.2 Å². The largest absolute Gasteiger partial charge is 0.493 e. The summed E-state index contributed by atoms with van der Waals surface area (Å²) >= 11 is 0. The first-order valence-corrected chi connectivity index (χ1v) is 9.17. The van der Waals surface area contributed by atoms with E-state index in [1.54, 1.807) is 43.5 Å². The maximum Gasteiger partial charge on any atom is 0.337 e. The monoisotopic (exact) mass is 383 g/mol. The average molecular weight is 383 g/mol. The van der Waals surface area contributed by atoms with Crippen molar-refractivity contribution < 1.29 is 24.2 Å². The number of benzene rings is 2. The Morgan fingerprint density at radius 2 is 1.89 bits per heavy atom. The van der Waals surface area contributed by atoms with Crippen LogP contribution in [0.3, 0.4) is 0 Å². The van der Waals surface area contributed by atoms with Gasteiger partial charge < -0.3 is 19.9 Å². The fraction of sp³-hybridized carbons (Fsp3) is 0.273. The van der Waals surface area contributed by atoms with Crippen LogP contribution in [-0.4, -0.2) is 30.7 Å². The number of anilines is 1. The zero-order chi connectivity index (χ0) is 20.4. The van der Waals surface area contributed by atoms with Crippen LogP contribution < -0.4 is 14.8 Å². The molecule has 0 aliphatic heterocycles. The molecule has 0 saturated heterocycles. The highest BCUT2D eigenvalue weighted by atomic mass is 16.5. The molecule has 0 atom stereocenters. The summed E-state index contributed by atoms with van der Waals surface area (Å²) in [7, 11) is 1.58. The molecule has 6 nitrogen and oxygen atoms in total. The quantitative estimate of drug-likeness (QED) is 0.462. The molecular formula is C22H25NO5. The Kier molecular flexibility index (Phi) is 8.09. The summed E-state index contributed by atoms with van der Waals surface area (Å²) in [6.45, 7) is 2.73. The highest BCUT2D eigenvalue weighted by Crippen LogP contribution is 2.29. The van der Waals surface area contributed by atoms with Crippen molar-refractivity contribution in [2.75, 3.05) is 19.0 Å². The molecule has 0 radical (unpaired) electrons. The fourth-order valence-corrected chi connectivity index (χ4v) is 2.57. The molecule has 0 aromatic heterocycles. The molecule has 2 aromatic carbocycles. The first kappa shape index (κ1) is 21.0. The van der Waals surface area contributed by atoms with Crippen LogP contribution in [0.1, 0.15) is 42.1 Å². The number of carbonyl (C=O) groups is 2. The minimum atomic E-state index is -1.10. The highest BCUT2D eigenvalue weighted by Gasteiger charge is 2.10. The van der Waals surface area contributed by atoms with Gasteiger partial charge in [-0.25, -0.2) is 4.79 Å². The van der Waals surface area contributed by atoms with Gasteiger partial charge in [0.05, 0.1) is 25.0 Å². The highest BCUT2D eigenvalue weighted by molar-refractivity contribution is 6.06. The van der Waals surface area contributed by atoms with Crippen molar-refractivity contribution in [1.29, 1.82) is 0 Å². The SMILES string of the molecule is CCCCCOc1cc(/C=C/C(=O)Nc2ccccc2C(=O)O)ccc1OC. The van der Waals surface area contributed by atoms with Gasteiger partial charge in [0.15, 0.2) is 11.5 Å². The van der Waals surface area contributed by atoms with Crippen LogP contribution in [0.15, 0.2) is 48.5 Å². The van der Waals surface area contributed by atoms with E-state index in [0.29, 0.717) is 18.1 Å². The average Bonchev–Trinajstić information content (AvgIpc) is 2.70. The number of ether oxygens (including phenoxy) is 2. The minimum absolute atomic E-state index is 0.0384. The van der Waals surface area contributed by atoms with Crippen molar-refractivity contribution in [3.05, 3.63) is 59.7 Å². The molecular weight excluding hydrogens is 358 g/mol. The lowest BCUT2D eigenvalue weighted by Gasteiger charge is -2.11. The Morgan fingerprint density at radius 3 is 2.61 bits per heavy atom. The number of hydrogen-bond acceptors (Lipinski definition) is 4. The van der Waals surface area contributed by atoms with Crippen molar-refractivity contribution in [3.8, 4) is 11.5 Å². The van der Waals surface area contributed by atoms with E-state index in [-0.39, 0.29) is 11.3 Å². The molecule has 0 aliphatic rings. The van der Waals surface area contributed by atoms with Gasteiger partial charge in [-0.05, 0) is 42.3 Å². The number of aromatic carboxylic acids is 1. The molecule has 0 bridgehead atoms. The second-order valence-corrected chi connectivity index (χ2v) is 6.14. The molecule has 0 heterocycles. The normalized spacial score (nSPS) is 10.6. The fourth-order valence-electron chi connectivity index (χ4n) is 2.57. The molecule has 6 heteroatoms. The van der Waals surface area contributed by atoms with Crippen molar-refractivity contribution in [2.24, 2.45) is 0 Å². The molecule has 148 valence electrons. The van der Waals surface area contributed by atoms with E-state index in [9.17, 15) is 14.7 Å². The Labute approximate surface area is 164 Å². The van der Waals surface area contributed by atoms with E-state index in [1.807, 2.05) is 6.07 Å². The van der Waals surface area contributed by atoms with E-state index >= 15 is 0 Å². The molecule has 0 saturated carbocycles. The summed E-state index contributed by atoms with van der Waals surface area (Å²) in [5.41, 5.74) is 1.06. The van der Waals surface area contributed by atoms with E-state index in [2.05, 4.69) is 12.2 Å². The number of amides is 1. The van der Waals surface area contributed by atoms with Crippen LogP contribution >= 0.6 is 0 Å². The molecule has 1 amide bonds. The summed E-state index contributed by atoms with van der Waals surface area (Å²) in [4.78, 5) is 23.4. The van der Waals surface area contributed by atoms with Gasteiger partial charge in [0.1, 0.15) is 0 Å². The summed E-state index contributed by atoms with van der Waals surface area (Å²) in [6.07, 6.45) is 6.16. The number of carboxylic acid groups (broad SMARTS) is 1. The van der Waals surface area contributed by atoms with Gasteiger partial charge in [-0.3, -0.25) is 4.79 Å². The molecule has 2 rings (SSSR count). The van der Waals surface area contributed by atoms with E-state index < -0.39 is 11.9 Å². The Bertz CT molecular complexity index is 845. The molecule has 0 unspecified atom stereocenters. The smallest absolute Gasteiger partial charge is 0.337 e. The Hall–Kier alpha value is -3.28. The van der Waals surface area contributed by atoms with Gasteiger partial charge in [0.25, 0.3) is 0 Å². The second kappa shape index (κ2) is 10.8. The maximum atomic E-state index is 12.2. The molecule has 0 spiro atoms. The minimum Gasteiger partial charge on any atom is -0.493 e. The Morgan fingerprint density at radius 1 is 1.11 bits per heavy atom. The number of carbonyl (C=O) groups excluding carboxylic acids is 1. The zero-order valence-corrected chi connectivity index (χ0v) is 16.1. The van der Waals surface area contributed by atoms with Crippen molar-refractivity contribution in [1.82, 2.24) is 0 Å². The van der Waals surface area contributed by atoms with Crippen LogP contribution in [0.25, 0.3) is 6.08 Å². The van der Waals surface area contributed by atoms with Gasteiger partial charge in [-0.2, -0.15) is 0 Å². The third kappa shape index (κ3) is 6.16. The zero-order valence-electron chi connectivity index (χ0n) is 16.1. The first-order chi connectivity index (χ1) is 13.5. The number of methoxy groups -OCH3 is 1. The Balaban J connectivity index is 2.06. The standard InChI is InChI=1S/C22H25NO5/c1-3-4-7-14-28-20-15-16(10-12-19(20)27-2)11-13-21(24)23-18-9-6-5-8-17(18)22(25)26/h5-6,8-13,15H,3-4,7,14H2,1-2H3,(H,23,24)(H,25,26)/b13-11+. The molecule has 0 aliphatic carbocycles. The number of rotatable bonds is 10. The number of hydrogen-bond donors (Lipinski definition) is 2. The predicted molar refractivity (Wildman–Crippen MR) is 109 cm³/mol. The van der Waals surface area contributed by atoms with Crippen molar-refractivity contribution in [3.63, 3.8) is 0 Å². The summed E-state index contributed by atoms with van der Waals surface area (Å²) in [5, 5.41) is 11.8. The number of carboxylic acids is 1. The van der Waals surface area contributed by atoms with Gasteiger partial charge in [-0.15, -0.1) is 0 Å². The lowest BCUT2D eigenvalue weighted by Crippen LogP contribution is -2.11. The second-order valence-electron chi connectivity index (χ2n) is 6.14. The molecule has 0 fully saturated rings. The maximum absolute atomic E-state index is 12.2. The topological polar surface area (TPSA) is 84.9 Å².